The molecule has 1 aromatic carbocycles. The number of nitrogens with zero attached hydrogens (tertiary/aromatic N) is 3. The van der Waals surface area contributed by atoms with Gasteiger partial charge in [-0.1, -0.05) is 6.42 Å². The standard InChI is InChI=1S/C24H37N3O3/c1-19(28)27-13-4-3-5-20-17-25(14-10-23(20)27)18-24(29)11-15-26(16-12-24)21-6-8-22(30-2)9-7-21/h6-9,20,23,29H,3-5,10-18H2,1-2H3/t20-,23+/m0/s1. The van der Waals surface area contributed by atoms with E-state index in [2.05, 4.69) is 26.8 Å². The molecule has 1 N–H and O–H groups in total. The average molecular weight is 416 g/mol. The molecule has 3 saturated heterocycles. The van der Waals surface area contributed by atoms with E-state index in [-0.39, 0.29) is 5.91 Å². The number of ether oxygens (including phenoxy) is 1. The highest BCUT2D eigenvalue weighted by atomic mass is 16.5. The quantitative estimate of drug-likeness (QED) is 0.820. The molecule has 6 heteroatoms. The van der Waals surface area contributed by atoms with E-state index in [1.54, 1.807) is 14.0 Å². The van der Waals surface area contributed by atoms with Crippen LogP contribution >= 0.6 is 0 Å². The number of carbonyl (C=O) groups is 1. The zero-order valence-electron chi connectivity index (χ0n) is 18.6. The smallest absolute Gasteiger partial charge is 0.219 e. The van der Waals surface area contributed by atoms with Gasteiger partial charge >= 0.3 is 0 Å². The predicted molar refractivity (Wildman–Crippen MR) is 119 cm³/mol. The molecule has 4 rings (SSSR count). The second kappa shape index (κ2) is 9.15. The van der Waals surface area contributed by atoms with Crippen LogP contribution in [0.4, 0.5) is 5.69 Å². The Balaban J connectivity index is 1.32. The van der Waals surface area contributed by atoms with Crippen LogP contribution in [0.2, 0.25) is 0 Å². The molecule has 3 aliphatic heterocycles. The van der Waals surface area contributed by atoms with Crippen LogP contribution < -0.4 is 9.64 Å². The molecular weight excluding hydrogens is 378 g/mol. The number of aliphatic hydroxyl groups is 1. The van der Waals surface area contributed by atoms with Gasteiger partial charge in [0.05, 0.1) is 12.7 Å². The molecule has 0 spiro atoms. The summed E-state index contributed by atoms with van der Waals surface area (Å²) in [7, 11) is 1.69. The lowest BCUT2D eigenvalue weighted by Crippen LogP contribution is -2.56. The molecule has 0 aromatic heterocycles. The van der Waals surface area contributed by atoms with Crippen molar-refractivity contribution in [3.05, 3.63) is 24.3 Å². The van der Waals surface area contributed by atoms with Gasteiger partial charge in [0.15, 0.2) is 0 Å². The molecule has 166 valence electrons. The first-order valence-electron chi connectivity index (χ1n) is 11.6. The largest absolute Gasteiger partial charge is 0.497 e. The van der Waals surface area contributed by atoms with Gasteiger partial charge in [-0.15, -0.1) is 0 Å². The Labute approximate surface area is 180 Å². The minimum atomic E-state index is -0.610. The summed E-state index contributed by atoms with van der Waals surface area (Å²) in [5, 5.41) is 11.3. The maximum Gasteiger partial charge on any atom is 0.219 e. The number of methoxy groups -OCH3 is 1. The van der Waals surface area contributed by atoms with Crippen molar-refractivity contribution in [2.75, 3.05) is 51.3 Å². The van der Waals surface area contributed by atoms with Gasteiger partial charge in [0.2, 0.25) is 5.91 Å². The Morgan fingerprint density at radius 3 is 2.50 bits per heavy atom. The van der Waals surface area contributed by atoms with Crippen molar-refractivity contribution in [2.24, 2.45) is 5.92 Å². The number of β-amino-alcohol motifs (C(OH)–C–C–N with tert-alkyl or cyclic N) is 1. The van der Waals surface area contributed by atoms with Crippen LogP contribution in [-0.2, 0) is 4.79 Å². The number of rotatable bonds is 4. The lowest BCUT2D eigenvalue weighted by molar-refractivity contribution is -0.133. The Hall–Kier alpha value is -1.79. The van der Waals surface area contributed by atoms with Crippen molar-refractivity contribution >= 4 is 11.6 Å². The fourth-order valence-electron chi connectivity index (χ4n) is 5.73. The van der Waals surface area contributed by atoms with Gasteiger partial charge in [-0.3, -0.25) is 4.79 Å². The van der Waals surface area contributed by atoms with Gasteiger partial charge in [-0.2, -0.15) is 0 Å². The first-order chi connectivity index (χ1) is 14.5. The van der Waals surface area contributed by atoms with Crippen molar-refractivity contribution in [3.63, 3.8) is 0 Å². The Morgan fingerprint density at radius 1 is 1.10 bits per heavy atom. The van der Waals surface area contributed by atoms with Gasteiger partial charge < -0.3 is 24.5 Å². The zero-order valence-corrected chi connectivity index (χ0v) is 18.6. The van der Waals surface area contributed by atoms with Crippen LogP contribution in [0.15, 0.2) is 24.3 Å². The number of amides is 1. The Morgan fingerprint density at radius 2 is 1.83 bits per heavy atom. The second-order valence-electron chi connectivity index (χ2n) is 9.47. The lowest BCUT2D eigenvalue weighted by atomic mass is 9.85. The van der Waals surface area contributed by atoms with E-state index in [9.17, 15) is 9.90 Å². The van der Waals surface area contributed by atoms with Crippen LogP contribution in [0.3, 0.4) is 0 Å². The Kier molecular flexibility index (Phi) is 6.54. The molecular formula is C24H37N3O3. The zero-order chi connectivity index (χ0) is 21.1. The number of hydrogen-bond acceptors (Lipinski definition) is 5. The molecule has 0 aliphatic carbocycles. The monoisotopic (exact) mass is 415 g/mol. The third-order valence-electron chi connectivity index (χ3n) is 7.46. The summed E-state index contributed by atoms with van der Waals surface area (Å²) in [5.41, 5.74) is 0.585. The highest BCUT2D eigenvalue weighted by molar-refractivity contribution is 5.73. The number of piperidine rings is 2. The number of benzene rings is 1. The van der Waals surface area contributed by atoms with Crippen LogP contribution in [0, 0.1) is 5.92 Å². The third-order valence-corrected chi connectivity index (χ3v) is 7.46. The van der Waals surface area contributed by atoms with Crippen molar-refractivity contribution in [3.8, 4) is 5.75 Å². The van der Waals surface area contributed by atoms with Crippen LogP contribution in [-0.4, -0.2) is 78.8 Å². The minimum absolute atomic E-state index is 0.227. The number of fused-ring (bicyclic) bond motifs is 1. The van der Waals surface area contributed by atoms with Gasteiger partial charge in [-0.05, 0) is 62.3 Å². The summed E-state index contributed by atoms with van der Waals surface area (Å²) in [4.78, 5) is 19.0. The maximum absolute atomic E-state index is 12.1. The van der Waals surface area contributed by atoms with E-state index >= 15 is 0 Å². The van der Waals surface area contributed by atoms with E-state index in [4.69, 9.17) is 4.74 Å². The molecule has 3 aliphatic rings. The molecule has 3 heterocycles. The fourth-order valence-corrected chi connectivity index (χ4v) is 5.73. The van der Waals surface area contributed by atoms with E-state index in [0.717, 1.165) is 70.7 Å². The van der Waals surface area contributed by atoms with E-state index in [0.29, 0.717) is 12.0 Å². The first kappa shape index (κ1) is 21.4. The molecule has 6 nitrogen and oxygen atoms in total. The molecule has 0 saturated carbocycles. The molecule has 30 heavy (non-hydrogen) atoms. The van der Waals surface area contributed by atoms with Gasteiger partial charge in [0, 0.05) is 57.9 Å². The Bertz CT molecular complexity index is 715. The maximum atomic E-state index is 12.1. The molecule has 0 bridgehead atoms. The van der Waals surface area contributed by atoms with E-state index in [1.165, 1.54) is 18.5 Å². The van der Waals surface area contributed by atoms with Crippen LogP contribution in [0.5, 0.6) is 5.75 Å². The number of hydrogen-bond donors (Lipinski definition) is 1. The van der Waals surface area contributed by atoms with Crippen LogP contribution in [0.25, 0.3) is 0 Å². The molecule has 2 atom stereocenters. The highest BCUT2D eigenvalue weighted by Crippen LogP contribution is 2.33. The topological polar surface area (TPSA) is 56.3 Å². The number of carbonyl (C=O) groups excluding carboxylic acids is 1. The lowest BCUT2D eigenvalue weighted by Gasteiger charge is -2.46. The average Bonchev–Trinajstić information content (AvgIpc) is 2.96. The summed E-state index contributed by atoms with van der Waals surface area (Å²) in [5.74, 6) is 1.65. The normalized spacial score (nSPS) is 27.3. The second-order valence-corrected chi connectivity index (χ2v) is 9.47. The third kappa shape index (κ3) is 4.75. The van der Waals surface area contributed by atoms with Crippen LogP contribution in [0.1, 0.15) is 45.4 Å². The molecule has 1 aromatic rings. The summed E-state index contributed by atoms with van der Waals surface area (Å²) < 4.78 is 5.25. The highest BCUT2D eigenvalue weighted by Gasteiger charge is 2.39. The SMILES string of the molecule is COc1ccc(N2CCC(O)(CN3CC[C@@H]4[C@@H](CCCCN4C(C)=O)C3)CC2)cc1. The molecule has 1 amide bonds. The number of anilines is 1. The minimum Gasteiger partial charge on any atom is -0.497 e. The fraction of sp³-hybridized carbons (Fsp3) is 0.708. The van der Waals surface area contributed by atoms with Crippen molar-refractivity contribution in [1.29, 1.82) is 0 Å². The van der Waals surface area contributed by atoms with Gasteiger partial charge in [-0.25, -0.2) is 0 Å². The summed E-state index contributed by atoms with van der Waals surface area (Å²) in [6.07, 6.45) is 6.16. The molecule has 3 fully saturated rings. The summed E-state index contributed by atoms with van der Waals surface area (Å²) in [6.45, 7) is 7.14. The van der Waals surface area contributed by atoms with Crippen molar-refractivity contribution < 1.29 is 14.6 Å². The summed E-state index contributed by atoms with van der Waals surface area (Å²) >= 11 is 0. The number of likely N-dealkylation sites (tertiary alicyclic amines) is 2. The van der Waals surface area contributed by atoms with Crippen molar-refractivity contribution in [1.82, 2.24) is 9.80 Å². The predicted octanol–water partition coefficient (Wildman–Crippen LogP) is 2.75. The van der Waals surface area contributed by atoms with Gasteiger partial charge in [0.25, 0.3) is 0 Å². The summed E-state index contributed by atoms with van der Waals surface area (Å²) in [6, 6.07) is 8.59. The van der Waals surface area contributed by atoms with E-state index in [1.807, 2.05) is 12.1 Å². The van der Waals surface area contributed by atoms with Crippen molar-refractivity contribution in [2.45, 2.75) is 57.1 Å². The molecule has 0 unspecified atom stereocenters. The first-order valence-corrected chi connectivity index (χ1v) is 11.6. The van der Waals surface area contributed by atoms with E-state index < -0.39 is 5.60 Å². The van der Waals surface area contributed by atoms with Gasteiger partial charge in [0.1, 0.15) is 5.75 Å². The molecule has 0 radical (unpaired) electrons.